The summed E-state index contributed by atoms with van der Waals surface area (Å²) in [5, 5.41) is 3.56. The third-order valence-electron chi connectivity index (χ3n) is 5.91. The molecular formula is C15H26N2. The predicted octanol–water partition coefficient (Wildman–Crippen LogP) is 2.11. The van der Waals surface area contributed by atoms with Gasteiger partial charge in [-0.3, -0.25) is 4.90 Å². The Hall–Kier alpha value is -0.0800. The van der Waals surface area contributed by atoms with Gasteiger partial charge in [0.25, 0.3) is 0 Å². The molecule has 4 unspecified atom stereocenters. The van der Waals surface area contributed by atoms with Crippen LogP contribution in [0.2, 0.25) is 0 Å². The van der Waals surface area contributed by atoms with Crippen LogP contribution in [0.25, 0.3) is 0 Å². The van der Waals surface area contributed by atoms with Gasteiger partial charge in [-0.1, -0.05) is 12.8 Å². The second kappa shape index (κ2) is 4.24. The minimum atomic E-state index is 0.958. The van der Waals surface area contributed by atoms with E-state index in [1.165, 1.54) is 45.4 Å². The molecule has 2 heterocycles. The Morgan fingerprint density at radius 2 is 1.53 bits per heavy atom. The number of likely N-dealkylation sites (tertiary alicyclic amines) is 1. The summed E-state index contributed by atoms with van der Waals surface area (Å²) in [5.74, 6) is 4.21. The van der Waals surface area contributed by atoms with Crippen LogP contribution in [0.5, 0.6) is 0 Å². The summed E-state index contributed by atoms with van der Waals surface area (Å²) in [7, 11) is 0. The van der Waals surface area contributed by atoms with Crippen LogP contribution in [0.3, 0.4) is 0 Å². The number of fused-ring (bicyclic) bond motifs is 1. The number of hydrogen-bond donors (Lipinski definition) is 1. The van der Waals surface area contributed by atoms with Crippen molar-refractivity contribution in [3.63, 3.8) is 0 Å². The van der Waals surface area contributed by atoms with Gasteiger partial charge in [0.1, 0.15) is 0 Å². The lowest BCUT2D eigenvalue weighted by molar-refractivity contribution is 0.139. The Morgan fingerprint density at radius 3 is 2.24 bits per heavy atom. The van der Waals surface area contributed by atoms with E-state index in [2.05, 4.69) is 10.2 Å². The molecule has 0 aromatic rings. The summed E-state index contributed by atoms with van der Waals surface area (Å²) in [6.07, 6.45) is 9.19. The Morgan fingerprint density at radius 1 is 0.765 bits per heavy atom. The molecular weight excluding hydrogens is 208 g/mol. The van der Waals surface area contributed by atoms with Gasteiger partial charge in [-0.15, -0.1) is 0 Å². The number of nitrogens with zero attached hydrogens (tertiary/aromatic N) is 1. The van der Waals surface area contributed by atoms with Crippen molar-refractivity contribution in [3.05, 3.63) is 0 Å². The molecule has 2 aliphatic carbocycles. The fourth-order valence-electron chi connectivity index (χ4n) is 4.72. The third-order valence-corrected chi connectivity index (χ3v) is 5.91. The molecule has 96 valence electrons. The lowest BCUT2D eigenvalue weighted by Crippen LogP contribution is -2.39. The lowest BCUT2D eigenvalue weighted by atomic mass is 9.82. The molecule has 2 saturated carbocycles. The van der Waals surface area contributed by atoms with E-state index in [1.807, 2.05) is 0 Å². The van der Waals surface area contributed by atoms with Gasteiger partial charge in [0, 0.05) is 19.1 Å². The molecule has 2 heteroatoms. The Kier molecular flexibility index (Phi) is 2.69. The van der Waals surface area contributed by atoms with E-state index in [0.29, 0.717) is 0 Å². The van der Waals surface area contributed by atoms with Crippen LogP contribution in [0, 0.1) is 23.7 Å². The molecule has 2 nitrogen and oxygen atoms in total. The quantitative estimate of drug-likeness (QED) is 0.787. The summed E-state index contributed by atoms with van der Waals surface area (Å²) in [5.41, 5.74) is 0. The molecule has 0 aromatic carbocycles. The molecule has 0 bridgehead atoms. The average Bonchev–Trinajstić information content (AvgIpc) is 2.98. The van der Waals surface area contributed by atoms with Crippen LogP contribution in [0.4, 0.5) is 0 Å². The number of rotatable bonds is 2. The summed E-state index contributed by atoms with van der Waals surface area (Å²) < 4.78 is 0. The summed E-state index contributed by atoms with van der Waals surface area (Å²) in [4.78, 5) is 2.87. The minimum absolute atomic E-state index is 0.958. The van der Waals surface area contributed by atoms with Gasteiger partial charge in [-0.25, -0.2) is 0 Å². The van der Waals surface area contributed by atoms with E-state index in [4.69, 9.17) is 0 Å². The normalized spacial score (nSPS) is 47.3. The molecule has 0 aromatic heterocycles. The van der Waals surface area contributed by atoms with Gasteiger partial charge in [0.05, 0.1) is 0 Å². The Bertz CT molecular complexity index is 275. The first kappa shape index (κ1) is 10.8. The Labute approximate surface area is 105 Å². The van der Waals surface area contributed by atoms with Crippen LogP contribution < -0.4 is 5.32 Å². The molecule has 0 radical (unpaired) electrons. The standard InChI is InChI=1S/C15H26N2/c1-2-12(11-4-5-11)6-15(3-1)17-9-13-7-16-8-14(13)10-17/h11-16H,1-10H2. The maximum absolute atomic E-state index is 3.56. The van der Waals surface area contributed by atoms with Gasteiger partial charge in [-0.05, 0) is 62.4 Å². The highest BCUT2D eigenvalue weighted by atomic mass is 15.2. The molecule has 4 atom stereocenters. The molecule has 17 heavy (non-hydrogen) atoms. The highest BCUT2D eigenvalue weighted by Crippen LogP contribution is 2.45. The fraction of sp³-hybridized carbons (Fsp3) is 1.00. The fourth-order valence-corrected chi connectivity index (χ4v) is 4.72. The smallest absolute Gasteiger partial charge is 0.00982 e. The predicted molar refractivity (Wildman–Crippen MR) is 69.9 cm³/mol. The second-order valence-electron chi connectivity index (χ2n) is 7.05. The van der Waals surface area contributed by atoms with E-state index in [9.17, 15) is 0 Å². The molecule has 0 spiro atoms. The first-order valence-electron chi connectivity index (χ1n) is 7.85. The van der Waals surface area contributed by atoms with Crippen LogP contribution in [0.1, 0.15) is 38.5 Å². The molecule has 2 saturated heterocycles. The van der Waals surface area contributed by atoms with Crippen LogP contribution in [-0.4, -0.2) is 37.1 Å². The lowest BCUT2D eigenvalue weighted by Gasteiger charge is -2.36. The van der Waals surface area contributed by atoms with Crippen molar-refractivity contribution in [1.29, 1.82) is 0 Å². The minimum Gasteiger partial charge on any atom is -0.316 e. The molecule has 4 aliphatic rings. The summed E-state index contributed by atoms with van der Waals surface area (Å²) in [6.45, 7) is 5.39. The van der Waals surface area contributed by atoms with Crippen molar-refractivity contribution in [2.45, 2.75) is 44.6 Å². The zero-order valence-electron chi connectivity index (χ0n) is 10.9. The van der Waals surface area contributed by atoms with Crippen molar-refractivity contribution in [2.75, 3.05) is 26.2 Å². The molecule has 2 aliphatic heterocycles. The maximum atomic E-state index is 3.56. The van der Waals surface area contributed by atoms with Crippen molar-refractivity contribution >= 4 is 0 Å². The molecule has 1 N–H and O–H groups in total. The average molecular weight is 234 g/mol. The number of hydrogen-bond acceptors (Lipinski definition) is 2. The maximum Gasteiger partial charge on any atom is 0.00982 e. The zero-order valence-corrected chi connectivity index (χ0v) is 10.9. The van der Waals surface area contributed by atoms with E-state index in [0.717, 1.165) is 29.7 Å². The van der Waals surface area contributed by atoms with E-state index >= 15 is 0 Å². The van der Waals surface area contributed by atoms with Gasteiger partial charge in [0.15, 0.2) is 0 Å². The SMILES string of the molecule is C1CC(C2CC2)CC(N2CC3CNCC3C2)C1. The Balaban J connectivity index is 1.38. The van der Waals surface area contributed by atoms with Crippen molar-refractivity contribution in [2.24, 2.45) is 23.7 Å². The monoisotopic (exact) mass is 234 g/mol. The highest BCUT2D eigenvalue weighted by molar-refractivity contribution is 4.96. The first-order valence-corrected chi connectivity index (χ1v) is 7.85. The highest BCUT2D eigenvalue weighted by Gasteiger charge is 2.41. The van der Waals surface area contributed by atoms with E-state index in [1.54, 1.807) is 19.3 Å². The van der Waals surface area contributed by atoms with Crippen molar-refractivity contribution in [3.8, 4) is 0 Å². The van der Waals surface area contributed by atoms with Crippen molar-refractivity contribution in [1.82, 2.24) is 10.2 Å². The zero-order chi connectivity index (χ0) is 11.2. The topological polar surface area (TPSA) is 15.3 Å². The summed E-state index contributed by atoms with van der Waals surface area (Å²) in [6, 6.07) is 0.958. The number of nitrogens with one attached hydrogen (secondary N) is 1. The first-order chi connectivity index (χ1) is 8.40. The van der Waals surface area contributed by atoms with Crippen LogP contribution in [-0.2, 0) is 0 Å². The third kappa shape index (κ3) is 2.04. The molecule has 0 amide bonds. The largest absolute Gasteiger partial charge is 0.316 e. The van der Waals surface area contributed by atoms with E-state index in [-0.39, 0.29) is 0 Å². The van der Waals surface area contributed by atoms with Crippen molar-refractivity contribution < 1.29 is 0 Å². The van der Waals surface area contributed by atoms with Gasteiger partial charge in [0.2, 0.25) is 0 Å². The van der Waals surface area contributed by atoms with Gasteiger partial charge in [-0.2, -0.15) is 0 Å². The van der Waals surface area contributed by atoms with Crippen LogP contribution >= 0.6 is 0 Å². The summed E-state index contributed by atoms with van der Waals surface area (Å²) >= 11 is 0. The van der Waals surface area contributed by atoms with Crippen LogP contribution in [0.15, 0.2) is 0 Å². The van der Waals surface area contributed by atoms with Gasteiger partial charge >= 0.3 is 0 Å². The molecule has 4 fully saturated rings. The van der Waals surface area contributed by atoms with Gasteiger partial charge < -0.3 is 5.32 Å². The molecule has 4 rings (SSSR count). The second-order valence-corrected chi connectivity index (χ2v) is 7.05. The van der Waals surface area contributed by atoms with E-state index < -0.39 is 0 Å².